The predicted octanol–water partition coefficient (Wildman–Crippen LogP) is 9.48. The van der Waals surface area contributed by atoms with Crippen LogP contribution < -0.4 is 9.93 Å². The van der Waals surface area contributed by atoms with Crippen molar-refractivity contribution in [3.05, 3.63) is 99.0 Å². The fraction of sp³-hybridized carbons (Fsp3) is 0.486. The first-order valence-corrected chi connectivity index (χ1v) is 16.4. The minimum Gasteiger partial charge on any atom is -0.526 e. The fourth-order valence-corrected chi connectivity index (χ4v) is 7.59. The maximum atomic E-state index is 5.63. The van der Waals surface area contributed by atoms with Crippen LogP contribution in [-0.2, 0) is 0 Å². The SMILES string of the molecule is CC1=C(C)C(C)([Si-]=[N+]=c2n(-c3c(C(C)C)cccc3C(C)C)ccn2-c2c(C(C)C)cccc2C(C)C)C(C)=C1C. The number of imidazole rings is 1. The Morgan fingerprint density at radius 1 is 0.585 bits per heavy atom. The van der Waals surface area contributed by atoms with Gasteiger partial charge in [0.1, 0.15) is 23.8 Å². The fourth-order valence-electron chi connectivity index (χ4n) is 6.34. The molecule has 1 aliphatic rings. The van der Waals surface area contributed by atoms with Crippen molar-refractivity contribution in [3.8, 4) is 11.4 Å². The molecule has 0 atom stereocenters. The second-order valence-electron chi connectivity index (χ2n) is 13.4. The Bertz CT molecular complexity index is 1470. The van der Waals surface area contributed by atoms with E-state index in [-0.39, 0.29) is 5.04 Å². The van der Waals surface area contributed by atoms with E-state index in [4.69, 9.17) is 4.31 Å². The van der Waals surface area contributed by atoms with E-state index in [1.807, 2.05) is 0 Å². The molecule has 0 spiro atoms. The molecule has 1 aromatic heterocycles. The molecule has 0 radical (unpaired) electrons. The largest absolute Gasteiger partial charge is 0.526 e. The number of rotatable bonds is 7. The Morgan fingerprint density at radius 3 is 1.20 bits per heavy atom. The lowest BCUT2D eigenvalue weighted by Crippen LogP contribution is -2.31. The Hall–Kier alpha value is -2.94. The number of hydrogen-bond donors (Lipinski definition) is 0. The molecule has 218 valence electrons. The second kappa shape index (κ2) is 11.7. The Labute approximate surface area is 251 Å². The molecule has 4 rings (SSSR count). The van der Waals surface area contributed by atoms with Gasteiger partial charge in [0.15, 0.2) is 0 Å². The maximum absolute atomic E-state index is 5.63. The number of hydrogen-bond acceptors (Lipinski definition) is 0. The van der Waals surface area contributed by atoms with Gasteiger partial charge in [-0.1, -0.05) is 126 Å². The predicted molar refractivity (Wildman–Crippen MR) is 178 cm³/mol. The van der Waals surface area contributed by atoms with E-state index in [0.717, 1.165) is 5.62 Å². The summed E-state index contributed by atoms with van der Waals surface area (Å²) in [5, 5.41) is -0.0576. The molecular formula is C37H51N3Si. The van der Waals surface area contributed by atoms with Crippen molar-refractivity contribution in [2.45, 2.75) is 119 Å². The molecule has 4 heteroatoms. The van der Waals surface area contributed by atoms with Crippen molar-refractivity contribution in [1.82, 2.24) is 13.4 Å². The van der Waals surface area contributed by atoms with Gasteiger partial charge in [0, 0.05) is 0 Å². The summed E-state index contributed by atoms with van der Waals surface area (Å²) in [5.74, 6) is 1.60. The van der Waals surface area contributed by atoms with Crippen molar-refractivity contribution in [1.29, 1.82) is 0 Å². The lowest BCUT2D eigenvalue weighted by molar-refractivity contribution is 0.758. The summed E-state index contributed by atoms with van der Waals surface area (Å²) < 4.78 is 10.4. The van der Waals surface area contributed by atoms with Gasteiger partial charge >= 0.3 is 5.62 Å². The molecule has 0 unspecified atom stereocenters. The molecule has 0 N–H and O–H groups in total. The highest BCUT2D eigenvalue weighted by molar-refractivity contribution is 6.30. The van der Waals surface area contributed by atoms with Gasteiger partial charge < -0.3 is 4.31 Å². The molecule has 0 saturated carbocycles. The molecule has 41 heavy (non-hydrogen) atoms. The second-order valence-corrected chi connectivity index (χ2v) is 14.8. The summed E-state index contributed by atoms with van der Waals surface area (Å²) in [5.41, 5.74) is 14.8. The third-order valence-corrected chi connectivity index (χ3v) is 11.0. The van der Waals surface area contributed by atoms with Gasteiger partial charge in [0.25, 0.3) is 0 Å². The minimum atomic E-state index is -0.0576. The third kappa shape index (κ3) is 5.37. The lowest BCUT2D eigenvalue weighted by Gasteiger charge is -2.31. The van der Waals surface area contributed by atoms with Crippen LogP contribution in [-0.4, -0.2) is 18.4 Å². The van der Waals surface area contributed by atoms with Crippen molar-refractivity contribution in [2.24, 2.45) is 0 Å². The topological polar surface area (TPSA) is 24.0 Å². The molecule has 0 aliphatic heterocycles. The summed E-state index contributed by atoms with van der Waals surface area (Å²) in [6.07, 6.45) is 4.52. The van der Waals surface area contributed by atoms with Crippen LogP contribution in [0, 0.1) is 0 Å². The normalized spacial score (nSPS) is 15.2. The van der Waals surface area contributed by atoms with Gasteiger partial charge in [0.2, 0.25) is 0 Å². The molecule has 1 aliphatic carbocycles. The highest BCUT2D eigenvalue weighted by Crippen LogP contribution is 2.50. The van der Waals surface area contributed by atoms with Crippen LogP contribution in [0.15, 0.2) is 71.1 Å². The Kier molecular flexibility index (Phi) is 8.88. The first-order valence-electron chi connectivity index (χ1n) is 15.5. The van der Waals surface area contributed by atoms with Crippen LogP contribution in [0.3, 0.4) is 0 Å². The highest BCUT2D eigenvalue weighted by Gasteiger charge is 2.29. The zero-order valence-electron chi connectivity index (χ0n) is 27.8. The van der Waals surface area contributed by atoms with Crippen molar-refractivity contribution in [3.63, 3.8) is 0 Å². The smallest absolute Gasteiger partial charge is 0.407 e. The van der Waals surface area contributed by atoms with Crippen LogP contribution in [0.5, 0.6) is 0 Å². The number of para-hydroxylation sites is 2. The van der Waals surface area contributed by atoms with E-state index >= 15 is 0 Å². The molecule has 3 nitrogen and oxygen atoms in total. The minimum absolute atomic E-state index is 0.0576. The van der Waals surface area contributed by atoms with Crippen molar-refractivity contribution < 1.29 is 0 Å². The van der Waals surface area contributed by atoms with Crippen LogP contribution in [0.4, 0.5) is 0 Å². The van der Waals surface area contributed by atoms with Gasteiger partial charge in [-0.25, -0.2) is 0 Å². The molecule has 3 aromatic rings. The maximum Gasteiger partial charge on any atom is 0.407 e. The molecule has 0 bridgehead atoms. The quantitative estimate of drug-likeness (QED) is 0.201. The van der Waals surface area contributed by atoms with E-state index in [0.29, 0.717) is 33.0 Å². The summed E-state index contributed by atoms with van der Waals surface area (Å²) in [4.78, 5) is 0. The number of nitrogens with zero attached hydrogens (tertiary/aromatic N) is 3. The summed E-state index contributed by atoms with van der Waals surface area (Å²) in [6, 6.07) is 13.7. The lowest BCUT2D eigenvalue weighted by atomic mass is 9.92. The van der Waals surface area contributed by atoms with Crippen LogP contribution in [0.25, 0.3) is 11.4 Å². The summed E-state index contributed by atoms with van der Waals surface area (Å²) in [6.45, 7) is 30.0. The zero-order valence-corrected chi connectivity index (χ0v) is 28.8. The summed E-state index contributed by atoms with van der Waals surface area (Å²) >= 11 is 0. The van der Waals surface area contributed by atoms with Crippen molar-refractivity contribution >= 4 is 9.31 Å². The highest BCUT2D eigenvalue weighted by atomic mass is 28.2. The van der Waals surface area contributed by atoms with E-state index in [1.54, 1.807) is 0 Å². The first kappa shape index (κ1) is 31.0. The zero-order chi connectivity index (χ0) is 30.4. The Morgan fingerprint density at radius 2 is 0.902 bits per heavy atom. The molecule has 0 fully saturated rings. The van der Waals surface area contributed by atoms with E-state index < -0.39 is 0 Å². The van der Waals surface area contributed by atoms with Crippen LogP contribution >= 0.6 is 0 Å². The molecular weight excluding hydrogens is 515 g/mol. The van der Waals surface area contributed by atoms with Crippen molar-refractivity contribution in [2.75, 3.05) is 0 Å². The number of benzene rings is 2. The van der Waals surface area contributed by atoms with Gasteiger partial charge in [-0.05, 0) is 73.6 Å². The average molecular weight is 566 g/mol. The first-order chi connectivity index (χ1) is 19.2. The van der Waals surface area contributed by atoms with Gasteiger partial charge in [-0.15, -0.1) is 9.31 Å². The molecule has 0 amide bonds. The van der Waals surface area contributed by atoms with E-state index in [2.05, 4.69) is 148 Å². The van der Waals surface area contributed by atoms with Crippen LogP contribution in [0.1, 0.15) is 136 Å². The molecule has 1 heterocycles. The number of aromatic nitrogens is 2. The average Bonchev–Trinajstić information content (AvgIpc) is 3.41. The summed E-state index contributed by atoms with van der Waals surface area (Å²) in [7, 11) is 0.381. The van der Waals surface area contributed by atoms with Gasteiger partial charge in [-0.2, -0.15) is 9.13 Å². The van der Waals surface area contributed by atoms with Gasteiger partial charge in [-0.3, -0.25) is 0 Å². The Balaban J connectivity index is 2.22. The van der Waals surface area contributed by atoms with E-state index in [1.165, 1.54) is 55.9 Å². The number of allylic oxidation sites excluding steroid dienone is 4. The van der Waals surface area contributed by atoms with E-state index in [9.17, 15) is 0 Å². The monoisotopic (exact) mass is 565 g/mol. The molecule has 2 aromatic carbocycles. The van der Waals surface area contributed by atoms with Crippen LogP contribution in [0.2, 0.25) is 5.04 Å². The van der Waals surface area contributed by atoms with Gasteiger partial charge in [0.05, 0.1) is 0 Å². The standard InChI is InChI=1S/C37H51N3Si/c1-22(2)30-16-14-17-31(23(3)4)34(30)39-20-21-40(35-32(24(5)6)18-15-19-33(35)25(7)8)36(39)38-41-37(13)28(11)26(9)27(10)29(37)12/h14-25H,1-13H3. The third-order valence-electron chi connectivity index (χ3n) is 9.53. The molecule has 0 saturated heterocycles.